The Morgan fingerprint density at radius 2 is 1.79 bits per heavy atom. The van der Waals surface area contributed by atoms with Crippen LogP contribution in [0.25, 0.3) is 0 Å². The van der Waals surface area contributed by atoms with Gasteiger partial charge in [-0.2, -0.15) is 0 Å². The molecule has 4 nitrogen and oxygen atoms in total. The van der Waals surface area contributed by atoms with Crippen LogP contribution < -0.4 is 0 Å². The van der Waals surface area contributed by atoms with Crippen molar-refractivity contribution in [1.29, 1.82) is 0 Å². The van der Waals surface area contributed by atoms with Crippen LogP contribution in [0.5, 0.6) is 0 Å². The molecule has 1 rings (SSSR count). The summed E-state index contributed by atoms with van der Waals surface area (Å²) in [6.07, 6.45) is 0. The molecule has 0 aliphatic rings. The summed E-state index contributed by atoms with van der Waals surface area (Å²) in [5.41, 5.74) is 1.02. The van der Waals surface area contributed by atoms with Crippen molar-refractivity contribution >= 4 is 23.3 Å². The Labute approximate surface area is 85.4 Å². The average Bonchev–Trinajstić information content (AvgIpc) is 2.58. The highest BCUT2D eigenvalue weighted by Gasteiger charge is 2.19. The minimum atomic E-state index is -0.436. The maximum Gasteiger partial charge on any atom is 0.348 e. The summed E-state index contributed by atoms with van der Waals surface area (Å²) in [6, 6.07) is 0. The third-order valence-corrected chi connectivity index (χ3v) is 2.88. The lowest BCUT2D eigenvalue weighted by atomic mass is 10.2. The van der Waals surface area contributed by atoms with Crippen molar-refractivity contribution in [3.63, 3.8) is 0 Å². The lowest BCUT2D eigenvalue weighted by Gasteiger charge is -1.99. The number of hydrogen-bond acceptors (Lipinski definition) is 5. The summed E-state index contributed by atoms with van der Waals surface area (Å²) in [5.74, 6) is -0.864. The SMILES string of the molecule is COC(=O)c1csc(C(=O)OC)c1C. The van der Waals surface area contributed by atoms with Crippen LogP contribution in [0.3, 0.4) is 0 Å². The van der Waals surface area contributed by atoms with Crippen molar-refractivity contribution in [1.82, 2.24) is 0 Å². The van der Waals surface area contributed by atoms with E-state index in [9.17, 15) is 9.59 Å². The number of carbonyl (C=O) groups is 2. The summed E-state index contributed by atoms with van der Waals surface area (Å²) in [5, 5.41) is 1.59. The van der Waals surface area contributed by atoms with Crippen molar-refractivity contribution in [2.75, 3.05) is 14.2 Å². The minimum absolute atomic E-state index is 0.415. The van der Waals surface area contributed by atoms with Crippen LogP contribution in [-0.4, -0.2) is 26.2 Å². The molecule has 0 radical (unpaired) electrons. The second-order valence-electron chi connectivity index (χ2n) is 2.59. The average molecular weight is 214 g/mol. The molecule has 0 amide bonds. The first-order valence-electron chi connectivity index (χ1n) is 3.86. The summed E-state index contributed by atoms with van der Waals surface area (Å²) in [6.45, 7) is 1.69. The molecule has 0 fully saturated rings. The van der Waals surface area contributed by atoms with Gasteiger partial charge in [0.25, 0.3) is 0 Å². The molecule has 76 valence electrons. The van der Waals surface area contributed by atoms with E-state index in [1.54, 1.807) is 12.3 Å². The van der Waals surface area contributed by atoms with Crippen LogP contribution in [0, 0.1) is 6.92 Å². The van der Waals surface area contributed by atoms with Gasteiger partial charge in [0, 0.05) is 5.38 Å². The number of carbonyl (C=O) groups excluding carboxylic acids is 2. The Kier molecular flexibility index (Phi) is 3.24. The van der Waals surface area contributed by atoms with Crippen molar-refractivity contribution in [3.8, 4) is 0 Å². The van der Waals surface area contributed by atoms with Gasteiger partial charge in [-0.05, 0) is 12.5 Å². The molecule has 5 heteroatoms. The van der Waals surface area contributed by atoms with E-state index in [1.165, 1.54) is 25.6 Å². The first-order valence-corrected chi connectivity index (χ1v) is 4.74. The van der Waals surface area contributed by atoms with Gasteiger partial charge in [-0.25, -0.2) is 9.59 Å². The molecule has 0 spiro atoms. The van der Waals surface area contributed by atoms with E-state index in [0.717, 1.165) is 0 Å². The first-order chi connectivity index (χ1) is 6.61. The zero-order chi connectivity index (χ0) is 10.7. The van der Waals surface area contributed by atoms with E-state index in [1.807, 2.05) is 0 Å². The van der Waals surface area contributed by atoms with Gasteiger partial charge in [-0.3, -0.25) is 0 Å². The smallest absolute Gasteiger partial charge is 0.348 e. The Bertz CT molecular complexity index is 333. The Morgan fingerprint density at radius 1 is 1.21 bits per heavy atom. The minimum Gasteiger partial charge on any atom is -0.465 e. The quantitative estimate of drug-likeness (QED) is 0.702. The molecule has 1 heterocycles. The third kappa shape index (κ3) is 1.77. The lowest BCUT2D eigenvalue weighted by Crippen LogP contribution is -2.04. The van der Waals surface area contributed by atoms with Crippen molar-refractivity contribution in [2.45, 2.75) is 6.92 Å². The maximum atomic E-state index is 11.2. The van der Waals surface area contributed by atoms with Gasteiger partial charge in [0.05, 0.1) is 19.8 Å². The number of esters is 2. The van der Waals surface area contributed by atoms with E-state index < -0.39 is 11.9 Å². The van der Waals surface area contributed by atoms with Crippen LogP contribution in [0.15, 0.2) is 5.38 Å². The summed E-state index contributed by atoms with van der Waals surface area (Å²) in [7, 11) is 2.61. The second kappa shape index (κ2) is 4.23. The summed E-state index contributed by atoms with van der Waals surface area (Å²) < 4.78 is 9.12. The van der Waals surface area contributed by atoms with Gasteiger partial charge in [-0.15, -0.1) is 11.3 Å². The molecular formula is C9H10O4S. The van der Waals surface area contributed by atoms with E-state index in [4.69, 9.17) is 0 Å². The van der Waals surface area contributed by atoms with Crippen LogP contribution in [-0.2, 0) is 9.47 Å². The van der Waals surface area contributed by atoms with Gasteiger partial charge >= 0.3 is 11.9 Å². The molecule has 0 aliphatic carbocycles. The Balaban J connectivity index is 3.08. The Hall–Kier alpha value is -1.36. The third-order valence-electron chi connectivity index (χ3n) is 1.82. The number of methoxy groups -OCH3 is 2. The Morgan fingerprint density at radius 3 is 2.29 bits per heavy atom. The predicted molar refractivity (Wildman–Crippen MR) is 51.7 cm³/mol. The zero-order valence-electron chi connectivity index (χ0n) is 8.12. The molecule has 0 atom stereocenters. The molecule has 1 aromatic heterocycles. The fourth-order valence-electron chi connectivity index (χ4n) is 1.02. The van der Waals surface area contributed by atoms with Crippen molar-refractivity contribution < 1.29 is 19.1 Å². The van der Waals surface area contributed by atoms with Gasteiger partial charge in [0.1, 0.15) is 4.88 Å². The molecule has 0 unspecified atom stereocenters. The second-order valence-corrected chi connectivity index (χ2v) is 3.47. The zero-order valence-corrected chi connectivity index (χ0v) is 8.94. The summed E-state index contributed by atoms with van der Waals surface area (Å²) >= 11 is 1.18. The van der Waals surface area contributed by atoms with E-state index >= 15 is 0 Å². The molecule has 0 saturated carbocycles. The molecular weight excluding hydrogens is 204 g/mol. The van der Waals surface area contributed by atoms with Gasteiger partial charge in [-0.1, -0.05) is 0 Å². The molecule has 14 heavy (non-hydrogen) atoms. The normalized spacial score (nSPS) is 9.64. The van der Waals surface area contributed by atoms with Crippen LogP contribution in [0.2, 0.25) is 0 Å². The molecule has 0 aliphatic heterocycles. The van der Waals surface area contributed by atoms with Crippen LogP contribution >= 0.6 is 11.3 Å². The van der Waals surface area contributed by atoms with Crippen molar-refractivity contribution in [3.05, 3.63) is 21.4 Å². The predicted octanol–water partition coefficient (Wildman–Crippen LogP) is 1.63. The van der Waals surface area contributed by atoms with Crippen LogP contribution in [0.4, 0.5) is 0 Å². The molecule has 0 aromatic carbocycles. The van der Waals surface area contributed by atoms with Crippen molar-refractivity contribution in [2.24, 2.45) is 0 Å². The highest BCUT2D eigenvalue weighted by atomic mass is 32.1. The monoisotopic (exact) mass is 214 g/mol. The van der Waals surface area contributed by atoms with Gasteiger partial charge in [0.15, 0.2) is 0 Å². The molecule has 0 saturated heterocycles. The largest absolute Gasteiger partial charge is 0.465 e. The van der Waals surface area contributed by atoms with E-state index in [2.05, 4.69) is 9.47 Å². The molecule has 1 aromatic rings. The standard InChI is InChI=1S/C9H10O4S/c1-5-6(8(10)12-2)4-14-7(5)9(11)13-3/h4H,1-3H3. The maximum absolute atomic E-state index is 11.2. The number of ether oxygens (including phenoxy) is 2. The number of rotatable bonds is 2. The van der Waals surface area contributed by atoms with E-state index in [0.29, 0.717) is 16.0 Å². The topological polar surface area (TPSA) is 52.6 Å². The highest BCUT2D eigenvalue weighted by Crippen LogP contribution is 2.22. The number of hydrogen-bond donors (Lipinski definition) is 0. The fourth-order valence-corrected chi connectivity index (χ4v) is 2.00. The van der Waals surface area contributed by atoms with Gasteiger partial charge in [0.2, 0.25) is 0 Å². The fraction of sp³-hybridized carbons (Fsp3) is 0.333. The van der Waals surface area contributed by atoms with Crippen LogP contribution in [0.1, 0.15) is 25.6 Å². The molecule has 0 bridgehead atoms. The highest BCUT2D eigenvalue weighted by molar-refractivity contribution is 7.12. The number of thiophene rings is 1. The summed E-state index contributed by atoms with van der Waals surface area (Å²) in [4.78, 5) is 22.8. The van der Waals surface area contributed by atoms with Gasteiger partial charge < -0.3 is 9.47 Å². The first kappa shape index (κ1) is 10.7. The molecule has 0 N–H and O–H groups in total. The van der Waals surface area contributed by atoms with E-state index in [-0.39, 0.29) is 0 Å². The lowest BCUT2D eigenvalue weighted by molar-refractivity contribution is 0.0600.